The lowest BCUT2D eigenvalue weighted by Gasteiger charge is -2.32. The summed E-state index contributed by atoms with van der Waals surface area (Å²) in [5.41, 5.74) is 0.890. The Morgan fingerprint density at radius 1 is 1.28 bits per heavy atom. The molecule has 0 aliphatic heterocycles. The maximum absolute atomic E-state index is 13.1. The van der Waals surface area contributed by atoms with E-state index in [1.807, 2.05) is 0 Å². The number of alkyl halides is 1. The molecule has 100 valence electrons. The van der Waals surface area contributed by atoms with Crippen LogP contribution in [-0.2, 0) is 5.33 Å². The third-order valence-electron chi connectivity index (χ3n) is 4.01. The molecule has 1 nitrogen and oxygen atoms in total. The molecule has 0 bridgehead atoms. The van der Waals surface area contributed by atoms with Gasteiger partial charge in [0.1, 0.15) is 11.6 Å². The SMILES string of the molecule is CC1CCC(Oc2ccc(F)cc2CBr)CC1C. The molecular weight excluding hydrogens is 295 g/mol. The Morgan fingerprint density at radius 2 is 2.06 bits per heavy atom. The van der Waals surface area contributed by atoms with Gasteiger partial charge in [0.05, 0.1) is 6.10 Å². The molecule has 1 aliphatic rings. The molecule has 18 heavy (non-hydrogen) atoms. The maximum atomic E-state index is 13.1. The molecule has 2 rings (SSSR count). The summed E-state index contributed by atoms with van der Waals surface area (Å²) in [4.78, 5) is 0. The van der Waals surface area contributed by atoms with Gasteiger partial charge in [-0.3, -0.25) is 0 Å². The van der Waals surface area contributed by atoms with Crippen LogP contribution in [0, 0.1) is 17.7 Å². The topological polar surface area (TPSA) is 9.23 Å². The van der Waals surface area contributed by atoms with Gasteiger partial charge < -0.3 is 4.74 Å². The van der Waals surface area contributed by atoms with Crippen LogP contribution in [0.2, 0.25) is 0 Å². The number of benzene rings is 1. The van der Waals surface area contributed by atoms with Crippen LogP contribution in [-0.4, -0.2) is 6.10 Å². The minimum atomic E-state index is -0.206. The predicted molar refractivity (Wildman–Crippen MR) is 75.6 cm³/mol. The normalized spacial score (nSPS) is 28.1. The maximum Gasteiger partial charge on any atom is 0.123 e. The highest BCUT2D eigenvalue weighted by Gasteiger charge is 2.26. The van der Waals surface area contributed by atoms with E-state index in [0.717, 1.165) is 30.1 Å². The number of hydrogen-bond acceptors (Lipinski definition) is 1. The van der Waals surface area contributed by atoms with Crippen molar-refractivity contribution in [2.45, 2.75) is 44.5 Å². The molecule has 1 aromatic carbocycles. The molecule has 3 heteroatoms. The molecule has 1 fully saturated rings. The van der Waals surface area contributed by atoms with E-state index in [9.17, 15) is 4.39 Å². The summed E-state index contributed by atoms with van der Waals surface area (Å²) in [6.07, 6.45) is 3.70. The van der Waals surface area contributed by atoms with Crippen molar-refractivity contribution < 1.29 is 9.13 Å². The van der Waals surface area contributed by atoms with E-state index in [4.69, 9.17) is 4.74 Å². The van der Waals surface area contributed by atoms with Crippen LogP contribution in [0.5, 0.6) is 5.75 Å². The van der Waals surface area contributed by atoms with Crippen LogP contribution < -0.4 is 4.74 Å². The first-order valence-corrected chi connectivity index (χ1v) is 7.73. The van der Waals surface area contributed by atoms with Gasteiger partial charge in [-0.2, -0.15) is 0 Å². The van der Waals surface area contributed by atoms with Crippen molar-refractivity contribution in [1.82, 2.24) is 0 Å². The van der Waals surface area contributed by atoms with E-state index in [-0.39, 0.29) is 11.9 Å². The van der Waals surface area contributed by atoms with Crippen LogP contribution in [0.3, 0.4) is 0 Å². The van der Waals surface area contributed by atoms with Gasteiger partial charge in [0.15, 0.2) is 0 Å². The molecule has 1 aliphatic carbocycles. The molecule has 0 spiro atoms. The van der Waals surface area contributed by atoms with Gasteiger partial charge in [-0.15, -0.1) is 0 Å². The van der Waals surface area contributed by atoms with Gasteiger partial charge in [0.25, 0.3) is 0 Å². The third kappa shape index (κ3) is 3.25. The Bertz CT molecular complexity index is 407. The van der Waals surface area contributed by atoms with Crippen molar-refractivity contribution in [1.29, 1.82) is 0 Å². The second-order valence-electron chi connectivity index (χ2n) is 5.39. The van der Waals surface area contributed by atoms with Gasteiger partial charge in [-0.25, -0.2) is 4.39 Å². The summed E-state index contributed by atoms with van der Waals surface area (Å²) >= 11 is 3.38. The largest absolute Gasteiger partial charge is 0.490 e. The zero-order chi connectivity index (χ0) is 13.1. The molecule has 0 N–H and O–H groups in total. The highest BCUT2D eigenvalue weighted by atomic mass is 79.9. The van der Waals surface area contributed by atoms with Crippen molar-refractivity contribution in [3.8, 4) is 5.75 Å². The van der Waals surface area contributed by atoms with Gasteiger partial charge in [-0.1, -0.05) is 29.8 Å². The Labute approximate surface area is 117 Å². The molecular formula is C15H20BrFO. The summed E-state index contributed by atoms with van der Waals surface area (Å²) in [5.74, 6) is 2.10. The molecule has 0 radical (unpaired) electrons. The zero-order valence-corrected chi connectivity index (χ0v) is 12.5. The van der Waals surface area contributed by atoms with E-state index < -0.39 is 0 Å². The Kier molecular flexibility index (Phi) is 4.66. The monoisotopic (exact) mass is 314 g/mol. The van der Waals surface area contributed by atoms with E-state index in [1.54, 1.807) is 12.1 Å². The molecule has 1 aromatic rings. The first-order valence-electron chi connectivity index (χ1n) is 6.61. The lowest BCUT2D eigenvalue weighted by atomic mass is 9.80. The van der Waals surface area contributed by atoms with Crippen molar-refractivity contribution in [2.24, 2.45) is 11.8 Å². The summed E-state index contributed by atoms with van der Waals surface area (Å²) in [6, 6.07) is 4.75. The van der Waals surface area contributed by atoms with Gasteiger partial charge in [-0.05, 0) is 49.3 Å². The smallest absolute Gasteiger partial charge is 0.123 e. The van der Waals surface area contributed by atoms with Crippen molar-refractivity contribution >= 4 is 15.9 Å². The second kappa shape index (κ2) is 6.05. The number of rotatable bonds is 3. The van der Waals surface area contributed by atoms with Crippen molar-refractivity contribution in [3.05, 3.63) is 29.6 Å². The fraction of sp³-hybridized carbons (Fsp3) is 0.600. The Morgan fingerprint density at radius 3 is 2.72 bits per heavy atom. The Balaban J connectivity index is 2.05. The molecule has 3 atom stereocenters. The second-order valence-corrected chi connectivity index (χ2v) is 5.95. The van der Waals surface area contributed by atoms with Crippen molar-refractivity contribution in [2.75, 3.05) is 0 Å². The Hall–Kier alpha value is -0.570. The molecule has 3 unspecified atom stereocenters. The number of halogens is 2. The number of hydrogen-bond donors (Lipinski definition) is 0. The zero-order valence-electron chi connectivity index (χ0n) is 11.0. The van der Waals surface area contributed by atoms with E-state index in [1.165, 1.54) is 12.5 Å². The van der Waals surface area contributed by atoms with Crippen LogP contribution >= 0.6 is 15.9 Å². The van der Waals surface area contributed by atoms with Gasteiger partial charge >= 0.3 is 0 Å². The lowest BCUT2D eigenvalue weighted by Crippen LogP contribution is -2.29. The minimum Gasteiger partial charge on any atom is -0.490 e. The number of ether oxygens (including phenoxy) is 1. The minimum absolute atomic E-state index is 0.206. The average molecular weight is 315 g/mol. The van der Waals surface area contributed by atoms with Crippen LogP contribution in [0.4, 0.5) is 4.39 Å². The fourth-order valence-corrected chi connectivity index (χ4v) is 2.99. The highest BCUT2D eigenvalue weighted by molar-refractivity contribution is 9.08. The summed E-state index contributed by atoms with van der Waals surface area (Å²) < 4.78 is 19.2. The summed E-state index contributed by atoms with van der Waals surface area (Å²) in [5, 5.41) is 0.624. The predicted octanol–water partition coefficient (Wildman–Crippen LogP) is 4.92. The molecule has 0 aromatic heterocycles. The molecule has 1 saturated carbocycles. The van der Waals surface area contributed by atoms with Crippen molar-refractivity contribution in [3.63, 3.8) is 0 Å². The van der Waals surface area contributed by atoms with Gasteiger partial charge in [0.2, 0.25) is 0 Å². The quantitative estimate of drug-likeness (QED) is 0.719. The fourth-order valence-electron chi connectivity index (χ4n) is 2.55. The highest BCUT2D eigenvalue weighted by Crippen LogP contribution is 2.33. The van der Waals surface area contributed by atoms with Crippen LogP contribution in [0.25, 0.3) is 0 Å². The van der Waals surface area contributed by atoms with E-state index in [0.29, 0.717) is 11.2 Å². The third-order valence-corrected chi connectivity index (χ3v) is 4.61. The average Bonchev–Trinajstić information content (AvgIpc) is 2.36. The van der Waals surface area contributed by atoms with Crippen LogP contribution in [0.15, 0.2) is 18.2 Å². The first kappa shape index (κ1) is 13.9. The van der Waals surface area contributed by atoms with E-state index >= 15 is 0 Å². The molecule has 0 amide bonds. The summed E-state index contributed by atoms with van der Waals surface area (Å²) in [6.45, 7) is 4.60. The molecule has 0 saturated heterocycles. The van der Waals surface area contributed by atoms with Gasteiger partial charge in [0, 0.05) is 10.9 Å². The van der Waals surface area contributed by atoms with Crippen LogP contribution in [0.1, 0.15) is 38.7 Å². The standard InChI is InChI=1S/C15H20BrFO/c1-10-3-5-14(7-11(10)2)18-15-6-4-13(17)8-12(15)9-16/h4,6,8,10-11,14H,3,5,7,9H2,1-2H3. The summed E-state index contributed by atoms with van der Waals surface area (Å²) in [7, 11) is 0. The van der Waals surface area contributed by atoms with E-state index in [2.05, 4.69) is 29.8 Å². The lowest BCUT2D eigenvalue weighted by molar-refractivity contribution is 0.0998. The first-order chi connectivity index (χ1) is 8.60. The molecule has 0 heterocycles.